The summed E-state index contributed by atoms with van der Waals surface area (Å²) in [7, 11) is 0. The molecule has 0 saturated heterocycles. The minimum absolute atomic E-state index is 0.00816. The molecular formula is C23H23FN4O. The van der Waals surface area contributed by atoms with Crippen LogP contribution in [0.5, 0.6) is 0 Å². The van der Waals surface area contributed by atoms with Crippen molar-refractivity contribution in [2.75, 3.05) is 11.6 Å². The van der Waals surface area contributed by atoms with E-state index in [1.54, 1.807) is 16.7 Å². The molecule has 148 valence electrons. The van der Waals surface area contributed by atoms with Crippen LogP contribution in [0.3, 0.4) is 0 Å². The maximum Gasteiger partial charge on any atom is 0.259 e. The van der Waals surface area contributed by atoms with Crippen LogP contribution in [0.25, 0.3) is 0 Å². The van der Waals surface area contributed by atoms with E-state index < -0.39 is 0 Å². The molecule has 0 atom stereocenters. The number of rotatable bonds is 4. The fourth-order valence-corrected chi connectivity index (χ4v) is 3.98. The molecule has 0 unspecified atom stereocenters. The summed E-state index contributed by atoms with van der Waals surface area (Å²) >= 11 is 0. The molecule has 0 bridgehead atoms. The zero-order valence-corrected chi connectivity index (χ0v) is 16.4. The zero-order valence-electron chi connectivity index (χ0n) is 16.4. The van der Waals surface area contributed by atoms with Crippen LogP contribution in [0.4, 0.5) is 16.0 Å². The Morgan fingerprint density at radius 2 is 1.76 bits per heavy atom. The third-order valence-corrected chi connectivity index (χ3v) is 5.76. The normalized spacial score (nSPS) is 16.7. The van der Waals surface area contributed by atoms with Gasteiger partial charge in [-0.25, -0.2) is 9.37 Å². The lowest BCUT2D eigenvalue weighted by Gasteiger charge is -2.38. The third-order valence-electron chi connectivity index (χ3n) is 5.76. The van der Waals surface area contributed by atoms with Crippen LogP contribution in [0.15, 0.2) is 59.4 Å². The van der Waals surface area contributed by atoms with Crippen LogP contribution in [0.2, 0.25) is 0 Å². The van der Waals surface area contributed by atoms with Gasteiger partial charge in [0.1, 0.15) is 5.82 Å². The molecule has 0 amide bonds. The number of hydrogen-bond acceptors (Lipinski definition) is 4. The van der Waals surface area contributed by atoms with Gasteiger partial charge in [0.25, 0.3) is 5.56 Å². The summed E-state index contributed by atoms with van der Waals surface area (Å²) in [6.45, 7) is 3.10. The fourth-order valence-electron chi connectivity index (χ4n) is 3.98. The predicted molar refractivity (Wildman–Crippen MR) is 111 cm³/mol. The van der Waals surface area contributed by atoms with Crippen LogP contribution >= 0.6 is 0 Å². The fraction of sp³-hybridized carbons (Fsp3) is 0.304. The zero-order chi connectivity index (χ0) is 20.0. The van der Waals surface area contributed by atoms with E-state index in [0.717, 1.165) is 35.3 Å². The molecular weight excluding hydrogens is 367 g/mol. The summed E-state index contributed by atoms with van der Waals surface area (Å²) in [5.41, 5.74) is 3.43. The molecule has 1 aliphatic heterocycles. The van der Waals surface area contributed by atoms with Gasteiger partial charge in [-0.15, -0.1) is 0 Å². The molecule has 29 heavy (non-hydrogen) atoms. The molecule has 2 heterocycles. The number of benzene rings is 2. The Kier molecular flexibility index (Phi) is 4.43. The van der Waals surface area contributed by atoms with Crippen LogP contribution in [-0.4, -0.2) is 27.2 Å². The van der Waals surface area contributed by atoms with Crippen molar-refractivity contribution in [3.8, 4) is 0 Å². The average molecular weight is 390 g/mol. The third kappa shape index (κ3) is 3.44. The van der Waals surface area contributed by atoms with E-state index >= 15 is 0 Å². The molecule has 5 nitrogen and oxygen atoms in total. The Morgan fingerprint density at radius 1 is 1.03 bits per heavy atom. The quantitative estimate of drug-likeness (QED) is 0.679. The van der Waals surface area contributed by atoms with E-state index in [1.165, 1.54) is 12.1 Å². The van der Waals surface area contributed by atoms with Crippen molar-refractivity contribution in [3.63, 3.8) is 0 Å². The molecule has 1 aliphatic carbocycles. The minimum Gasteiger partial charge on any atom is -0.298 e. The van der Waals surface area contributed by atoms with Gasteiger partial charge in [-0.2, -0.15) is 0 Å². The Morgan fingerprint density at radius 3 is 2.45 bits per heavy atom. The first-order chi connectivity index (χ1) is 14.1. The average Bonchev–Trinajstić information content (AvgIpc) is 3.58. The van der Waals surface area contributed by atoms with Gasteiger partial charge in [0, 0.05) is 23.7 Å². The van der Waals surface area contributed by atoms with Crippen LogP contribution < -0.4 is 10.5 Å². The number of hydrogen-bond donors (Lipinski definition) is 0. The molecule has 2 aromatic carbocycles. The van der Waals surface area contributed by atoms with E-state index in [9.17, 15) is 9.18 Å². The highest BCUT2D eigenvalue weighted by atomic mass is 19.1. The molecule has 1 fully saturated rings. The number of nitrogens with zero attached hydrogens (tertiary/aromatic N) is 4. The highest BCUT2D eigenvalue weighted by Gasteiger charge is 2.36. The highest BCUT2D eigenvalue weighted by molar-refractivity contribution is 5.58. The van der Waals surface area contributed by atoms with Crippen molar-refractivity contribution < 1.29 is 4.39 Å². The van der Waals surface area contributed by atoms with E-state index in [4.69, 9.17) is 4.98 Å². The van der Waals surface area contributed by atoms with Crippen LogP contribution in [0.1, 0.15) is 29.7 Å². The number of aryl methyl sites for hydroxylation is 1. The maximum atomic E-state index is 13.5. The van der Waals surface area contributed by atoms with Gasteiger partial charge < -0.3 is 0 Å². The maximum absolute atomic E-state index is 13.5. The van der Waals surface area contributed by atoms with E-state index in [2.05, 4.69) is 4.90 Å². The van der Waals surface area contributed by atoms with Crippen molar-refractivity contribution in [3.05, 3.63) is 87.6 Å². The van der Waals surface area contributed by atoms with Gasteiger partial charge in [0.05, 0.1) is 19.0 Å². The summed E-state index contributed by atoms with van der Waals surface area (Å²) in [6, 6.07) is 16.9. The second-order valence-electron chi connectivity index (χ2n) is 7.88. The van der Waals surface area contributed by atoms with Gasteiger partial charge in [-0.05, 0) is 49.6 Å². The summed E-state index contributed by atoms with van der Waals surface area (Å²) in [6.07, 6.45) is 2.87. The van der Waals surface area contributed by atoms with Crippen molar-refractivity contribution in [2.45, 2.75) is 38.9 Å². The Balaban J connectivity index is 1.60. The second-order valence-corrected chi connectivity index (χ2v) is 7.88. The lowest BCUT2D eigenvalue weighted by molar-refractivity contribution is 0.188. The standard InChI is InChI=1S/C23H23FN4O/c1-16-21(13-17-5-3-2-4-6-17)22(29)28-15-26(19-11-12-19)14-27(23(28)25-16)20-9-7-18(24)8-10-20/h2-10,19H,11-15H2,1H3. The number of aromatic nitrogens is 2. The van der Waals surface area contributed by atoms with Gasteiger partial charge in [0.2, 0.25) is 5.95 Å². The Bertz CT molecular complexity index is 1090. The Labute approximate surface area is 169 Å². The first-order valence-electron chi connectivity index (χ1n) is 10.0. The first kappa shape index (κ1) is 18.1. The number of anilines is 2. The molecule has 6 heteroatoms. The summed E-state index contributed by atoms with van der Waals surface area (Å²) in [5, 5.41) is 0. The molecule has 0 radical (unpaired) electrons. The van der Waals surface area contributed by atoms with E-state index in [1.807, 2.05) is 42.2 Å². The lowest BCUT2D eigenvalue weighted by Crippen LogP contribution is -2.48. The minimum atomic E-state index is -0.274. The lowest BCUT2D eigenvalue weighted by atomic mass is 10.1. The largest absolute Gasteiger partial charge is 0.298 e. The topological polar surface area (TPSA) is 41.4 Å². The summed E-state index contributed by atoms with van der Waals surface area (Å²) in [4.78, 5) is 22.6. The van der Waals surface area contributed by atoms with Crippen LogP contribution in [0, 0.1) is 12.7 Å². The summed E-state index contributed by atoms with van der Waals surface area (Å²) in [5.74, 6) is 0.359. The molecule has 2 aliphatic rings. The molecule has 0 N–H and O–H groups in total. The van der Waals surface area contributed by atoms with E-state index in [0.29, 0.717) is 31.7 Å². The second kappa shape index (κ2) is 7.12. The SMILES string of the molecule is Cc1nc2n(c(=O)c1Cc1ccccc1)CN(C1CC1)CN2c1ccc(F)cc1. The Hall–Kier alpha value is -2.99. The molecule has 1 saturated carbocycles. The monoisotopic (exact) mass is 390 g/mol. The van der Waals surface area contributed by atoms with Gasteiger partial charge in [-0.3, -0.25) is 19.2 Å². The van der Waals surface area contributed by atoms with Crippen molar-refractivity contribution >= 4 is 11.6 Å². The van der Waals surface area contributed by atoms with Gasteiger partial charge >= 0.3 is 0 Å². The predicted octanol–water partition coefficient (Wildman–Crippen LogP) is 3.81. The number of fused-ring (bicyclic) bond motifs is 1. The van der Waals surface area contributed by atoms with Crippen molar-refractivity contribution in [2.24, 2.45) is 0 Å². The molecule has 5 rings (SSSR count). The number of halogens is 1. The highest BCUT2D eigenvalue weighted by Crippen LogP contribution is 2.34. The van der Waals surface area contributed by atoms with Gasteiger partial charge in [-0.1, -0.05) is 30.3 Å². The van der Waals surface area contributed by atoms with Crippen molar-refractivity contribution in [1.82, 2.24) is 14.5 Å². The van der Waals surface area contributed by atoms with Crippen LogP contribution in [-0.2, 0) is 13.1 Å². The summed E-state index contributed by atoms with van der Waals surface area (Å²) < 4.78 is 15.2. The smallest absolute Gasteiger partial charge is 0.259 e. The first-order valence-corrected chi connectivity index (χ1v) is 10.0. The molecule has 3 aromatic rings. The van der Waals surface area contributed by atoms with E-state index in [-0.39, 0.29) is 11.4 Å². The molecule has 1 aromatic heterocycles. The van der Waals surface area contributed by atoms with Crippen molar-refractivity contribution in [1.29, 1.82) is 0 Å². The molecule has 0 spiro atoms. The van der Waals surface area contributed by atoms with Gasteiger partial charge in [0.15, 0.2) is 0 Å².